The fraction of sp³-hybridized carbons (Fsp3) is 0.591. The minimum absolute atomic E-state index is 0.195. The van der Waals surface area contributed by atoms with Crippen molar-refractivity contribution in [3.8, 4) is 5.75 Å². The van der Waals surface area contributed by atoms with Crippen LogP contribution in [0.15, 0.2) is 24.3 Å². The molecule has 0 atom stereocenters. The van der Waals surface area contributed by atoms with Crippen molar-refractivity contribution in [2.75, 3.05) is 39.5 Å². The summed E-state index contributed by atoms with van der Waals surface area (Å²) in [6, 6.07) is 7.95. The molecule has 0 unspecified atom stereocenters. The van der Waals surface area contributed by atoms with E-state index in [-0.39, 0.29) is 25.1 Å². The van der Waals surface area contributed by atoms with Crippen LogP contribution in [0.25, 0.3) is 0 Å². The lowest BCUT2D eigenvalue weighted by atomic mass is 9.74. The summed E-state index contributed by atoms with van der Waals surface area (Å²) in [6.45, 7) is 0.611. The maximum absolute atomic E-state index is 12.9. The Balaban J connectivity index is 1.58. The zero-order valence-electron chi connectivity index (χ0n) is 17.1. The van der Waals surface area contributed by atoms with E-state index in [0.717, 1.165) is 31.4 Å². The van der Waals surface area contributed by atoms with Crippen LogP contribution in [-0.4, -0.2) is 67.4 Å². The standard InChI is InChI=1S/C22H29NO7/c24-19(15-28-16-20(25)26)23-11-9-22(10-12-23)8-4-3-6-17-5-1-2-7-18(17)29-13-14-30-21(22)27/h1-2,5,7H,3-4,6,8-16H2,(H,25,26). The number of carbonyl (C=O) groups is 3. The molecule has 8 nitrogen and oxygen atoms in total. The molecule has 0 bridgehead atoms. The topological polar surface area (TPSA) is 102 Å². The number of esters is 1. The zero-order chi connectivity index (χ0) is 21.4. The molecule has 1 spiro atoms. The fourth-order valence-electron chi connectivity index (χ4n) is 4.13. The summed E-state index contributed by atoms with van der Waals surface area (Å²) < 4.78 is 16.2. The molecule has 3 rings (SSSR count). The molecule has 2 heterocycles. The van der Waals surface area contributed by atoms with E-state index in [1.54, 1.807) is 4.90 Å². The molecule has 1 fully saturated rings. The van der Waals surface area contributed by atoms with Gasteiger partial charge in [0.15, 0.2) is 0 Å². The molecule has 30 heavy (non-hydrogen) atoms. The molecule has 164 valence electrons. The van der Waals surface area contributed by atoms with E-state index in [2.05, 4.69) is 6.07 Å². The molecule has 0 aromatic heterocycles. The molecule has 1 saturated heterocycles. The van der Waals surface area contributed by atoms with E-state index >= 15 is 0 Å². The number of likely N-dealkylation sites (tertiary alicyclic amines) is 1. The van der Waals surface area contributed by atoms with Gasteiger partial charge in [-0.05, 0) is 43.7 Å². The third-order valence-corrected chi connectivity index (χ3v) is 5.86. The average molecular weight is 419 g/mol. The molecule has 1 amide bonds. The highest BCUT2D eigenvalue weighted by Crippen LogP contribution is 2.38. The number of amides is 1. The van der Waals surface area contributed by atoms with Gasteiger partial charge in [-0.1, -0.05) is 24.6 Å². The van der Waals surface area contributed by atoms with E-state index in [1.807, 2.05) is 18.2 Å². The van der Waals surface area contributed by atoms with Crippen LogP contribution in [0.2, 0.25) is 0 Å². The highest BCUT2D eigenvalue weighted by atomic mass is 16.6. The van der Waals surface area contributed by atoms with Crippen molar-refractivity contribution in [3.63, 3.8) is 0 Å². The van der Waals surface area contributed by atoms with Crippen LogP contribution in [0.5, 0.6) is 5.75 Å². The van der Waals surface area contributed by atoms with E-state index in [4.69, 9.17) is 19.3 Å². The Hall–Kier alpha value is -2.61. The highest BCUT2D eigenvalue weighted by molar-refractivity contribution is 5.80. The van der Waals surface area contributed by atoms with E-state index in [0.29, 0.717) is 32.5 Å². The quantitative estimate of drug-likeness (QED) is 0.745. The summed E-state index contributed by atoms with van der Waals surface area (Å²) in [5.74, 6) is -0.726. The van der Waals surface area contributed by atoms with Crippen molar-refractivity contribution in [2.45, 2.75) is 38.5 Å². The van der Waals surface area contributed by atoms with Crippen molar-refractivity contribution in [1.29, 1.82) is 0 Å². The van der Waals surface area contributed by atoms with Gasteiger partial charge in [0.2, 0.25) is 5.91 Å². The predicted molar refractivity (Wildman–Crippen MR) is 107 cm³/mol. The lowest BCUT2D eigenvalue weighted by Crippen LogP contribution is -2.48. The zero-order valence-corrected chi connectivity index (χ0v) is 17.1. The maximum Gasteiger partial charge on any atom is 0.329 e. The number of aliphatic carboxylic acids is 1. The normalized spacial score (nSPS) is 19.6. The molecule has 1 N–H and O–H groups in total. The van der Waals surface area contributed by atoms with Crippen LogP contribution in [-0.2, 0) is 30.3 Å². The number of rotatable bonds is 4. The van der Waals surface area contributed by atoms with Gasteiger partial charge in [-0.15, -0.1) is 0 Å². The number of para-hydroxylation sites is 1. The first-order chi connectivity index (χ1) is 14.5. The number of benzene rings is 1. The third-order valence-electron chi connectivity index (χ3n) is 5.86. The Morgan fingerprint density at radius 3 is 2.53 bits per heavy atom. The van der Waals surface area contributed by atoms with Crippen LogP contribution in [0.3, 0.4) is 0 Å². The summed E-state index contributed by atoms with van der Waals surface area (Å²) in [5.41, 5.74) is 0.581. The number of hydrogen-bond acceptors (Lipinski definition) is 6. The second-order valence-electron chi connectivity index (χ2n) is 7.85. The molecular weight excluding hydrogens is 390 g/mol. The van der Waals surface area contributed by atoms with Crippen molar-refractivity contribution < 1.29 is 33.7 Å². The van der Waals surface area contributed by atoms with E-state index < -0.39 is 18.0 Å². The maximum atomic E-state index is 12.9. The first kappa shape index (κ1) is 22.1. The van der Waals surface area contributed by atoms with Crippen LogP contribution in [0.1, 0.15) is 37.7 Å². The summed E-state index contributed by atoms with van der Waals surface area (Å²) in [4.78, 5) is 37.3. The van der Waals surface area contributed by atoms with E-state index in [1.165, 1.54) is 5.56 Å². The number of aryl methyl sites for hydroxylation is 1. The second kappa shape index (κ2) is 10.4. The number of fused-ring (bicyclic) bond motifs is 1. The summed E-state index contributed by atoms with van der Waals surface area (Å²) >= 11 is 0. The average Bonchev–Trinajstić information content (AvgIpc) is 2.74. The molecule has 1 aromatic rings. The largest absolute Gasteiger partial charge is 0.490 e. The van der Waals surface area contributed by atoms with Gasteiger partial charge < -0.3 is 24.2 Å². The molecule has 0 aliphatic carbocycles. The minimum atomic E-state index is -1.11. The SMILES string of the molecule is O=C(O)COCC(=O)N1CCC2(CCCCc3ccccc3OCCOC2=O)CC1. The third kappa shape index (κ3) is 5.72. The van der Waals surface area contributed by atoms with Crippen LogP contribution in [0.4, 0.5) is 0 Å². The Kier molecular flexibility index (Phi) is 7.68. The number of carboxylic acids is 1. The van der Waals surface area contributed by atoms with Gasteiger partial charge >= 0.3 is 11.9 Å². The summed E-state index contributed by atoms with van der Waals surface area (Å²) in [5, 5.41) is 8.61. The lowest BCUT2D eigenvalue weighted by Gasteiger charge is -2.40. The number of ether oxygens (including phenoxy) is 3. The second-order valence-corrected chi connectivity index (χ2v) is 7.85. The van der Waals surface area contributed by atoms with Gasteiger partial charge in [-0.2, -0.15) is 0 Å². The van der Waals surface area contributed by atoms with Gasteiger partial charge in [-0.3, -0.25) is 9.59 Å². The Bertz CT molecular complexity index is 756. The van der Waals surface area contributed by atoms with Crippen molar-refractivity contribution in [1.82, 2.24) is 4.90 Å². The molecule has 0 radical (unpaired) electrons. The van der Waals surface area contributed by atoms with Gasteiger partial charge in [-0.25, -0.2) is 4.79 Å². The predicted octanol–water partition coefficient (Wildman–Crippen LogP) is 2.04. The Morgan fingerprint density at radius 2 is 1.77 bits per heavy atom. The molecule has 0 saturated carbocycles. The minimum Gasteiger partial charge on any atom is -0.490 e. The van der Waals surface area contributed by atoms with Crippen LogP contribution >= 0.6 is 0 Å². The molecule has 2 aliphatic heterocycles. The number of nitrogens with zero attached hydrogens (tertiary/aromatic N) is 1. The first-order valence-corrected chi connectivity index (χ1v) is 10.5. The Labute approximate surface area is 176 Å². The molecule has 8 heteroatoms. The number of carbonyl (C=O) groups excluding carboxylic acids is 2. The van der Waals surface area contributed by atoms with Gasteiger partial charge in [0.05, 0.1) is 5.41 Å². The number of carboxylic acid groups (broad SMARTS) is 1. The van der Waals surface area contributed by atoms with Crippen molar-refractivity contribution >= 4 is 17.8 Å². The van der Waals surface area contributed by atoms with Gasteiger partial charge in [0, 0.05) is 13.1 Å². The summed E-state index contributed by atoms with van der Waals surface area (Å²) in [7, 11) is 0. The van der Waals surface area contributed by atoms with Gasteiger partial charge in [0.1, 0.15) is 32.2 Å². The number of piperidine rings is 1. The smallest absolute Gasteiger partial charge is 0.329 e. The molecule has 2 aliphatic rings. The molecular formula is C22H29NO7. The Morgan fingerprint density at radius 1 is 1.03 bits per heavy atom. The van der Waals surface area contributed by atoms with Crippen LogP contribution < -0.4 is 4.74 Å². The lowest BCUT2D eigenvalue weighted by molar-refractivity contribution is -0.163. The number of cyclic esters (lactones) is 1. The summed E-state index contributed by atoms with van der Waals surface area (Å²) in [6.07, 6.45) is 4.53. The van der Waals surface area contributed by atoms with Crippen molar-refractivity contribution in [2.24, 2.45) is 5.41 Å². The number of hydrogen-bond donors (Lipinski definition) is 1. The first-order valence-electron chi connectivity index (χ1n) is 10.5. The van der Waals surface area contributed by atoms with E-state index in [9.17, 15) is 14.4 Å². The highest BCUT2D eigenvalue weighted by Gasteiger charge is 2.43. The van der Waals surface area contributed by atoms with Gasteiger partial charge in [0.25, 0.3) is 0 Å². The molecule has 1 aromatic carbocycles. The van der Waals surface area contributed by atoms with Crippen molar-refractivity contribution in [3.05, 3.63) is 29.8 Å². The monoisotopic (exact) mass is 419 g/mol. The van der Waals surface area contributed by atoms with Crippen LogP contribution in [0, 0.1) is 5.41 Å². The fourth-order valence-corrected chi connectivity index (χ4v) is 4.13.